The Morgan fingerprint density at radius 2 is 1.68 bits per heavy atom. The van der Waals surface area contributed by atoms with Gasteiger partial charge in [-0.05, 0) is 67.5 Å². The summed E-state index contributed by atoms with van der Waals surface area (Å²) in [6, 6.07) is 16.1. The number of aromatic nitrogens is 1. The van der Waals surface area contributed by atoms with Crippen LogP contribution in [0.3, 0.4) is 0 Å². The lowest BCUT2D eigenvalue weighted by Crippen LogP contribution is -2.19. The Balaban J connectivity index is 1.79. The Labute approximate surface area is 201 Å². The van der Waals surface area contributed by atoms with Crippen molar-refractivity contribution in [1.29, 1.82) is 0 Å². The maximum absolute atomic E-state index is 11.5. The van der Waals surface area contributed by atoms with Crippen LogP contribution >= 0.6 is 0 Å². The lowest BCUT2D eigenvalue weighted by Gasteiger charge is -2.25. The van der Waals surface area contributed by atoms with E-state index >= 15 is 0 Å². The minimum Gasteiger partial charge on any atom is -0.496 e. The molecule has 0 aliphatic carbocycles. The second kappa shape index (κ2) is 12.3. The molecule has 0 radical (unpaired) electrons. The summed E-state index contributed by atoms with van der Waals surface area (Å²) in [5, 5.41) is 20.4. The van der Waals surface area contributed by atoms with Crippen LogP contribution in [-0.2, 0) is 24.2 Å². The lowest BCUT2D eigenvalue weighted by atomic mass is 9.89. The van der Waals surface area contributed by atoms with Crippen molar-refractivity contribution in [3.8, 4) is 11.5 Å². The first kappa shape index (κ1) is 25.4. The lowest BCUT2D eigenvalue weighted by molar-refractivity contribution is -0.136. The summed E-state index contributed by atoms with van der Waals surface area (Å²) in [7, 11) is 3.24. The Hall–Kier alpha value is -3.25. The van der Waals surface area contributed by atoms with E-state index in [1.165, 1.54) is 5.56 Å². The van der Waals surface area contributed by atoms with Crippen LogP contribution in [0.1, 0.15) is 47.6 Å². The summed E-state index contributed by atoms with van der Waals surface area (Å²) in [6.07, 6.45) is 6.56. The van der Waals surface area contributed by atoms with Gasteiger partial charge in [0.25, 0.3) is 0 Å². The number of carbonyl (C=O) groups is 1. The zero-order valence-electron chi connectivity index (χ0n) is 20.2. The van der Waals surface area contributed by atoms with Crippen LogP contribution in [0.2, 0.25) is 0 Å². The molecule has 0 fully saturated rings. The number of carboxylic acid groups (broad SMARTS) is 1. The summed E-state index contributed by atoms with van der Waals surface area (Å²) in [5.74, 6) is 0.534. The minimum absolute atomic E-state index is 0.0412. The number of nitrogens with zero attached hydrogens (tertiary/aromatic N) is 1. The number of benzene rings is 2. The first-order valence-electron chi connectivity index (χ1n) is 11.7. The van der Waals surface area contributed by atoms with Crippen LogP contribution < -0.4 is 9.47 Å². The Morgan fingerprint density at radius 3 is 2.29 bits per heavy atom. The predicted molar refractivity (Wildman–Crippen MR) is 133 cm³/mol. The third-order valence-corrected chi connectivity index (χ3v) is 6.33. The van der Waals surface area contributed by atoms with Gasteiger partial charge in [0.2, 0.25) is 0 Å². The van der Waals surface area contributed by atoms with E-state index in [-0.39, 0.29) is 12.3 Å². The van der Waals surface area contributed by atoms with E-state index < -0.39 is 12.1 Å². The highest BCUT2D eigenvalue weighted by atomic mass is 16.5. The number of hydrogen-bond donors (Lipinski definition) is 2. The van der Waals surface area contributed by atoms with E-state index in [2.05, 4.69) is 16.7 Å². The fourth-order valence-electron chi connectivity index (χ4n) is 4.39. The van der Waals surface area contributed by atoms with Crippen LogP contribution in [0.4, 0.5) is 0 Å². The minimum atomic E-state index is -0.802. The van der Waals surface area contributed by atoms with Crippen LogP contribution in [0.25, 0.3) is 0 Å². The van der Waals surface area contributed by atoms with Crippen molar-refractivity contribution in [1.82, 2.24) is 4.57 Å². The second-order valence-electron chi connectivity index (χ2n) is 8.74. The summed E-state index contributed by atoms with van der Waals surface area (Å²) in [5.41, 5.74) is 3.93. The highest BCUT2D eigenvalue weighted by Gasteiger charge is 2.24. The van der Waals surface area contributed by atoms with Gasteiger partial charge < -0.3 is 24.3 Å². The molecule has 1 heterocycles. The normalized spacial score (nSPS) is 12.8. The van der Waals surface area contributed by atoms with Gasteiger partial charge in [0.1, 0.15) is 11.5 Å². The molecule has 34 heavy (non-hydrogen) atoms. The molecule has 0 spiro atoms. The number of carboxylic acids is 1. The molecule has 0 amide bonds. The molecule has 0 saturated carbocycles. The molecule has 182 valence electrons. The molecular weight excluding hydrogens is 430 g/mol. The highest BCUT2D eigenvalue weighted by molar-refractivity contribution is 5.67. The van der Waals surface area contributed by atoms with Crippen LogP contribution in [-0.4, -0.2) is 35.0 Å². The standard InChI is InChI=1S/C28H35NO5/c1-20-25(33-2)16-24(17-26(20)34-3)28(32)23(11-7-10-21-8-5-4-6-9-21)19-29-15-14-22(18-29)12-13-27(30)31/h4-6,8-9,14-18,23,28,32H,7,10-13,19H2,1-3H3,(H,30,31)/t23-,28-/m0/s1. The zero-order valence-corrected chi connectivity index (χ0v) is 20.2. The van der Waals surface area contributed by atoms with Crippen molar-refractivity contribution < 1.29 is 24.5 Å². The smallest absolute Gasteiger partial charge is 0.303 e. The Morgan fingerprint density at radius 1 is 1.00 bits per heavy atom. The second-order valence-corrected chi connectivity index (χ2v) is 8.74. The molecule has 0 saturated heterocycles. The van der Waals surface area contributed by atoms with Gasteiger partial charge in [0.05, 0.1) is 20.3 Å². The van der Waals surface area contributed by atoms with Crippen molar-refractivity contribution in [2.24, 2.45) is 5.92 Å². The number of ether oxygens (including phenoxy) is 2. The number of methoxy groups -OCH3 is 2. The van der Waals surface area contributed by atoms with Crippen molar-refractivity contribution >= 4 is 5.97 Å². The van der Waals surface area contributed by atoms with Gasteiger partial charge in [0, 0.05) is 36.8 Å². The number of hydrogen-bond acceptors (Lipinski definition) is 4. The number of aliphatic hydroxyl groups excluding tert-OH is 1. The van der Waals surface area contributed by atoms with Crippen molar-refractivity contribution in [3.63, 3.8) is 0 Å². The van der Waals surface area contributed by atoms with Gasteiger partial charge in [0.15, 0.2) is 0 Å². The Bertz CT molecular complexity index is 1030. The Kier molecular flexibility index (Phi) is 9.16. The molecule has 3 rings (SSSR count). The maximum Gasteiger partial charge on any atom is 0.303 e. The number of aryl methyl sites for hydroxylation is 2. The summed E-state index contributed by atoms with van der Waals surface area (Å²) < 4.78 is 13.1. The molecule has 0 aliphatic rings. The zero-order chi connectivity index (χ0) is 24.5. The van der Waals surface area contributed by atoms with E-state index in [4.69, 9.17) is 14.6 Å². The van der Waals surface area contributed by atoms with E-state index in [0.29, 0.717) is 24.5 Å². The molecule has 6 nitrogen and oxygen atoms in total. The van der Waals surface area contributed by atoms with E-state index in [1.54, 1.807) is 14.2 Å². The fourth-order valence-corrected chi connectivity index (χ4v) is 4.39. The summed E-state index contributed by atoms with van der Waals surface area (Å²) >= 11 is 0. The third kappa shape index (κ3) is 6.87. The molecule has 2 atom stereocenters. The first-order valence-corrected chi connectivity index (χ1v) is 11.7. The molecule has 3 aromatic rings. The largest absolute Gasteiger partial charge is 0.496 e. The number of aliphatic carboxylic acids is 1. The quantitative estimate of drug-likeness (QED) is 0.362. The predicted octanol–water partition coefficient (Wildman–Crippen LogP) is 5.20. The molecule has 2 aromatic carbocycles. The van der Waals surface area contributed by atoms with Crippen LogP contribution in [0, 0.1) is 12.8 Å². The van der Waals surface area contributed by atoms with Crippen molar-refractivity contribution in [2.45, 2.75) is 51.7 Å². The van der Waals surface area contributed by atoms with Gasteiger partial charge in [-0.25, -0.2) is 0 Å². The van der Waals surface area contributed by atoms with Gasteiger partial charge in [-0.15, -0.1) is 0 Å². The third-order valence-electron chi connectivity index (χ3n) is 6.33. The molecule has 2 N–H and O–H groups in total. The van der Waals surface area contributed by atoms with Gasteiger partial charge in [-0.3, -0.25) is 4.79 Å². The van der Waals surface area contributed by atoms with Crippen molar-refractivity contribution in [2.75, 3.05) is 14.2 Å². The molecular formula is C28H35NO5. The van der Waals surface area contributed by atoms with E-state index in [1.807, 2.05) is 55.7 Å². The summed E-state index contributed by atoms with van der Waals surface area (Å²) in [6.45, 7) is 2.56. The van der Waals surface area contributed by atoms with E-state index in [9.17, 15) is 9.90 Å². The SMILES string of the molecule is COc1cc([C@@H](O)[C@@H](CCCc2ccccc2)Cn2ccc(CCC(=O)O)c2)cc(OC)c1C. The highest BCUT2D eigenvalue weighted by Crippen LogP contribution is 2.36. The molecule has 1 aromatic heterocycles. The molecule has 0 unspecified atom stereocenters. The monoisotopic (exact) mass is 465 g/mol. The molecule has 0 bridgehead atoms. The van der Waals surface area contributed by atoms with Crippen molar-refractivity contribution in [3.05, 3.63) is 83.2 Å². The first-order chi connectivity index (χ1) is 16.4. The average molecular weight is 466 g/mol. The van der Waals surface area contributed by atoms with E-state index in [0.717, 1.165) is 36.0 Å². The average Bonchev–Trinajstić information content (AvgIpc) is 3.30. The molecule has 0 aliphatic heterocycles. The fraction of sp³-hybridized carbons (Fsp3) is 0.393. The van der Waals surface area contributed by atoms with Crippen LogP contribution in [0.5, 0.6) is 11.5 Å². The number of aliphatic hydroxyl groups is 1. The van der Waals surface area contributed by atoms with Crippen LogP contribution in [0.15, 0.2) is 60.9 Å². The van der Waals surface area contributed by atoms with Gasteiger partial charge >= 0.3 is 5.97 Å². The topological polar surface area (TPSA) is 80.9 Å². The molecule has 6 heteroatoms. The maximum atomic E-state index is 11.5. The number of rotatable bonds is 13. The van der Waals surface area contributed by atoms with Gasteiger partial charge in [-0.1, -0.05) is 30.3 Å². The van der Waals surface area contributed by atoms with Gasteiger partial charge in [-0.2, -0.15) is 0 Å². The summed E-state index contributed by atoms with van der Waals surface area (Å²) in [4.78, 5) is 10.9.